The summed E-state index contributed by atoms with van der Waals surface area (Å²) < 4.78 is 0. The van der Waals surface area contributed by atoms with E-state index < -0.39 is 29.2 Å². The second-order valence-electron chi connectivity index (χ2n) is 2.04. The standard InChI is InChI=1S/C7H6O7/c8-4(9)2-1-3(6(11)12)5(10)7(13)14/h1-2,10H,(H,8,9)(H,11,12)(H,13,14). The molecule has 0 rings (SSSR count). The molecule has 0 unspecified atom stereocenters. The van der Waals surface area contributed by atoms with Crippen LogP contribution in [0.2, 0.25) is 0 Å². The average Bonchev–Trinajstić information content (AvgIpc) is 2.02. The zero-order valence-corrected chi connectivity index (χ0v) is 6.67. The zero-order valence-electron chi connectivity index (χ0n) is 6.67. The third kappa shape index (κ3) is 3.39. The molecule has 0 aliphatic rings. The van der Waals surface area contributed by atoms with Crippen LogP contribution in [-0.4, -0.2) is 38.3 Å². The number of carbonyl (C=O) groups is 3. The Kier molecular flexibility index (Phi) is 3.88. The van der Waals surface area contributed by atoms with Crippen LogP contribution in [0.1, 0.15) is 0 Å². The van der Waals surface area contributed by atoms with Gasteiger partial charge in [-0.2, -0.15) is 0 Å². The molecule has 14 heavy (non-hydrogen) atoms. The first-order valence-corrected chi connectivity index (χ1v) is 3.17. The molecule has 0 aromatic carbocycles. The van der Waals surface area contributed by atoms with Crippen LogP contribution in [0.15, 0.2) is 23.5 Å². The van der Waals surface area contributed by atoms with Gasteiger partial charge in [-0.1, -0.05) is 0 Å². The number of carboxylic acids is 3. The van der Waals surface area contributed by atoms with Gasteiger partial charge >= 0.3 is 17.9 Å². The predicted octanol–water partition coefficient (Wildman–Crippen LogP) is -0.391. The minimum Gasteiger partial charge on any atom is -0.501 e. The number of carboxylic acid groups (broad SMARTS) is 3. The smallest absolute Gasteiger partial charge is 0.371 e. The SMILES string of the molecule is O=C(O)C=CC(C(=O)O)=C(O)C(=O)O. The van der Waals surface area contributed by atoms with Gasteiger partial charge in [0.05, 0.1) is 0 Å². The fraction of sp³-hybridized carbons (Fsp3) is 0. The second-order valence-corrected chi connectivity index (χ2v) is 2.04. The first-order valence-electron chi connectivity index (χ1n) is 3.17. The normalized spacial score (nSPS) is 12.3. The molecule has 0 bridgehead atoms. The van der Waals surface area contributed by atoms with Crippen molar-refractivity contribution in [3.8, 4) is 0 Å². The van der Waals surface area contributed by atoms with Gasteiger partial charge in [0, 0.05) is 6.08 Å². The number of hydrogen-bond acceptors (Lipinski definition) is 4. The Morgan fingerprint density at radius 2 is 1.29 bits per heavy atom. The average molecular weight is 202 g/mol. The van der Waals surface area contributed by atoms with Crippen molar-refractivity contribution in [2.45, 2.75) is 0 Å². The first-order chi connectivity index (χ1) is 6.36. The summed E-state index contributed by atoms with van der Waals surface area (Å²) in [4.78, 5) is 30.5. The van der Waals surface area contributed by atoms with Crippen molar-refractivity contribution in [1.29, 1.82) is 0 Å². The Morgan fingerprint density at radius 1 is 0.786 bits per heavy atom. The van der Waals surface area contributed by atoms with E-state index in [1.54, 1.807) is 0 Å². The Labute approximate surface area is 77.2 Å². The van der Waals surface area contributed by atoms with Gasteiger partial charge in [-0.05, 0) is 6.08 Å². The Bertz CT molecular complexity index is 336. The van der Waals surface area contributed by atoms with Crippen LogP contribution in [0.5, 0.6) is 0 Å². The molecular weight excluding hydrogens is 196 g/mol. The Hall–Kier alpha value is -2.31. The summed E-state index contributed by atoms with van der Waals surface area (Å²) in [6.07, 6.45) is 0.886. The predicted molar refractivity (Wildman–Crippen MR) is 41.7 cm³/mol. The van der Waals surface area contributed by atoms with Crippen LogP contribution < -0.4 is 0 Å². The fourth-order valence-electron chi connectivity index (χ4n) is 0.521. The number of aliphatic carboxylic acids is 3. The van der Waals surface area contributed by atoms with Crippen LogP contribution in [-0.2, 0) is 14.4 Å². The lowest BCUT2D eigenvalue weighted by molar-refractivity contribution is -0.138. The van der Waals surface area contributed by atoms with Crippen LogP contribution >= 0.6 is 0 Å². The van der Waals surface area contributed by atoms with E-state index in [9.17, 15) is 14.4 Å². The molecule has 0 heterocycles. The molecule has 0 saturated heterocycles. The highest BCUT2D eigenvalue weighted by Crippen LogP contribution is 2.04. The van der Waals surface area contributed by atoms with Crippen LogP contribution in [0.3, 0.4) is 0 Å². The molecule has 0 spiro atoms. The van der Waals surface area contributed by atoms with Crippen molar-refractivity contribution in [3.05, 3.63) is 23.5 Å². The molecule has 0 fully saturated rings. The third-order valence-corrected chi connectivity index (χ3v) is 1.08. The second kappa shape index (κ2) is 4.65. The highest BCUT2D eigenvalue weighted by molar-refractivity contribution is 6.00. The van der Waals surface area contributed by atoms with Gasteiger partial charge in [0.15, 0.2) is 0 Å². The molecule has 0 aromatic rings. The summed E-state index contributed by atoms with van der Waals surface area (Å²) in [5, 5.41) is 33.5. The van der Waals surface area contributed by atoms with E-state index in [1.165, 1.54) is 0 Å². The van der Waals surface area contributed by atoms with Crippen LogP contribution in [0, 0.1) is 0 Å². The minimum atomic E-state index is -1.85. The number of hydrogen-bond donors (Lipinski definition) is 4. The van der Waals surface area contributed by atoms with Crippen molar-refractivity contribution in [1.82, 2.24) is 0 Å². The molecule has 76 valence electrons. The molecule has 0 aliphatic carbocycles. The highest BCUT2D eigenvalue weighted by Gasteiger charge is 2.16. The largest absolute Gasteiger partial charge is 0.501 e. The third-order valence-electron chi connectivity index (χ3n) is 1.08. The summed E-state index contributed by atoms with van der Waals surface area (Å²) in [5.41, 5.74) is -1.00. The van der Waals surface area contributed by atoms with E-state index in [1.807, 2.05) is 0 Å². The maximum Gasteiger partial charge on any atom is 0.371 e. The first kappa shape index (κ1) is 11.7. The van der Waals surface area contributed by atoms with Crippen molar-refractivity contribution in [2.24, 2.45) is 0 Å². The minimum absolute atomic E-state index is 0.405. The molecule has 0 radical (unpaired) electrons. The maximum atomic E-state index is 10.3. The zero-order chi connectivity index (χ0) is 11.3. The Morgan fingerprint density at radius 3 is 1.57 bits per heavy atom. The van der Waals surface area contributed by atoms with Crippen molar-refractivity contribution < 1.29 is 34.8 Å². The molecule has 0 atom stereocenters. The van der Waals surface area contributed by atoms with Gasteiger partial charge in [0.25, 0.3) is 0 Å². The lowest BCUT2D eigenvalue weighted by Gasteiger charge is -1.96. The van der Waals surface area contributed by atoms with E-state index >= 15 is 0 Å². The Balaban J connectivity index is 5.16. The molecule has 0 aromatic heterocycles. The summed E-state index contributed by atoms with van der Waals surface area (Å²) in [5.74, 6) is -6.46. The van der Waals surface area contributed by atoms with Crippen molar-refractivity contribution in [2.75, 3.05) is 0 Å². The van der Waals surface area contributed by atoms with Gasteiger partial charge in [-0.15, -0.1) is 0 Å². The summed E-state index contributed by atoms with van der Waals surface area (Å²) in [7, 11) is 0. The molecule has 4 N–H and O–H groups in total. The molecule has 0 saturated carbocycles. The van der Waals surface area contributed by atoms with Gasteiger partial charge in [-0.25, -0.2) is 14.4 Å². The monoisotopic (exact) mass is 202 g/mol. The van der Waals surface area contributed by atoms with Gasteiger partial charge < -0.3 is 20.4 Å². The molecule has 0 amide bonds. The summed E-state index contributed by atoms with van der Waals surface area (Å²) >= 11 is 0. The fourth-order valence-corrected chi connectivity index (χ4v) is 0.521. The van der Waals surface area contributed by atoms with Crippen molar-refractivity contribution in [3.63, 3.8) is 0 Å². The number of aliphatic hydroxyl groups excluding tert-OH is 1. The lowest BCUT2D eigenvalue weighted by Crippen LogP contribution is -2.09. The molecule has 7 heteroatoms. The molecule has 7 nitrogen and oxygen atoms in total. The quantitative estimate of drug-likeness (QED) is 0.277. The van der Waals surface area contributed by atoms with E-state index in [0.29, 0.717) is 12.2 Å². The van der Waals surface area contributed by atoms with E-state index in [4.69, 9.17) is 20.4 Å². The summed E-state index contributed by atoms with van der Waals surface area (Å²) in [6, 6.07) is 0. The van der Waals surface area contributed by atoms with Gasteiger partial charge in [-0.3, -0.25) is 0 Å². The molecular formula is C7H6O7. The maximum absolute atomic E-state index is 10.3. The van der Waals surface area contributed by atoms with Gasteiger partial charge in [0.1, 0.15) is 5.57 Å². The topological polar surface area (TPSA) is 132 Å². The van der Waals surface area contributed by atoms with Gasteiger partial charge in [0.2, 0.25) is 5.76 Å². The van der Waals surface area contributed by atoms with Crippen LogP contribution in [0.4, 0.5) is 0 Å². The highest BCUT2D eigenvalue weighted by atomic mass is 16.4. The number of rotatable bonds is 4. The summed E-state index contributed by atoms with van der Waals surface area (Å²) in [6.45, 7) is 0. The number of aliphatic hydroxyl groups is 1. The lowest BCUT2D eigenvalue weighted by atomic mass is 10.2. The molecule has 0 aliphatic heterocycles. The van der Waals surface area contributed by atoms with E-state index in [2.05, 4.69) is 0 Å². The van der Waals surface area contributed by atoms with Crippen molar-refractivity contribution >= 4 is 17.9 Å². The van der Waals surface area contributed by atoms with Crippen LogP contribution in [0.25, 0.3) is 0 Å². The van der Waals surface area contributed by atoms with E-state index in [0.717, 1.165) is 0 Å². The van der Waals surface area contributed by atoms with E-state index in [-0.39, 0.29) is 0 Å².